The van der Waals surface area contributed by atoms with Crippen LogP contribution in [0.3, 0.4) is 0 Å². The molecule has 0 aliphatic carbocycles. The minimum Gasteiger partial charge on any atom is -0.380 e. The average Bonchev–Trinajstić information content (AvgIpc) is 2.47. The van der Waals surface area contributed by atoms with E-state index in [0.29, 0.717) is 26.1 Å². The first-order valence-corrected chi connectivity index (χ1v) is 6.62. The van der Waals surface area contributed by atoms with Crippen LogP contribution in [0.5, 0.6) is 0 Å². The van der Waals surface area contributed by atoms with Gasteiger partial charge in [-0.05, 0) is 24.6 Å². The molecule has 2 heterocycles. The highest BCUT2D eigenvalue weighted by atomic mass is 16.5. The highest BCUT2D eigenvalue weighted by Gasteiger charge is 2.32. The Morgan fingerprint density at radius 3 is 2.70 bits per heavy atom. The fraction of sp³-hybridized carbons (Fsp3) is 0.500. The Morgan fingerprint density at radius 2 is 2.05 bits per heavy atom. The summed E-state index contributed by atoms with van der Waals surface area (Å²) < 4.78 is 5.13. The molecule has 1 aliphatic heterocycles. The van der Waals surface area contributed by atoms with Crippen molar-refractivity contribution in [2.45, 2.75) is 26.0 Å². The Balaban J connectivity index is 2.04. The molecule has 0 N–H and O–H groups in total. The maximum atomic E-state index is 12.4. The molecule has 6 heteroatoms. The molecule has 6 nitrogen and oxygen atoms in total. The van der Waals surface area contributed by atoms with Crippen molar-refractivity contribution < 1.29 is 14.3 Å². The minimum atomic E-state index is -0.248. The van der Waals surface area contributed by atoms with Crippen LogP contribution in [0.2, 0.25) is 0 Å². The molecule has 20 heavy (non-hydrogen) atoms. The van der Waals surface area contributed by atoms with E-state index in [-0.39, 0.29) is 18.0 Å². The Kier molecular flexibility index (Phi) is 4.68. The number of hydrogen-bond acceptors (Lipinski definition) is 4. The third-order valence-corrected chi connectivity index (χ3v) is 3.36. The van der Waals surface area contributed by atoms with Crippen molar-refractivity contribution >= 4 is 11.9 Å². The smallest absolute Gasteiger partial charge is 0.327 e. The number of nitrogens with zero attached hydrogens (tertiary/aromatic N) is 3. The number of methoxy groups -OCH3 is 1. The predicted molar refractivity (Wildman–Crippen MR) is 72.8 cm³/mol. The van der Waals surface area contributed by atoms with Crippen LogP contribution in [0, 0.1) is 0 Å². The second kappa shape index (κ2) is 6.47. The van der Waals surface area contributed by atoms with E-state index in [4.69, 9.17) is 4.74 Å². The minimum absolute atomic E-state index is 0.134. The summed E-state index contributed by atoms with van der Waals surface area (Å²) in [4.78, 5) is 31.1. The third-order valence-electron chi connectivity index (χ3n) is 3.36. The van der Waals surface area contributed by atoms with Crippen molar-refractivity contribution in [2.75, 3.05) is 20.2 Å². The van der Waals surface area contributed by atoms with E-state index in [1.54, 1.807) is 24.4 Å². The summed E-state index contributed by atoms with van der Waals surface area (Å²) in [7, 11) is 1.57. The summed E-state index contributed by atoms with van der Waals surface area (Å²) in [6.07, 6.45) is 3.58. The number of ether oxygens (including phenoxy) is 1. The number of hydrogen-bond donors (Lipinski definition) is 0. The molecule has 2 rings (SSSR count). The standard InChI is InChI=1S/C14H19N3O3/c1-11(20-2)9-17-13(18)5-8-16(14(17)19)10-12-3-6-15-7-4-12/h3-4,6-7,11H,5,8-10H2,1-2H3/t11-/m1/s1. The normalized spacial score (nSPS) is 17.5. The van der Waals surface area contributed by atoms with Gasteiger partial charge in [0.25, 0.3) is 0 Å². The van der Waals surface area contributed by atoms with Crippen molar-refractivity contribution in [3.8, 4) is 0 Å². The Morgan fingerprint density at radius 1 is 1.35 bits per heavy atom. The second-order valence-electron chi connectivity index (χ2n) is 4.86. The highest BCUT2D eigenvalue weighted by molar-refractivity contribution is 5.96. The molecule has 0 unspecified atom stereocenters. The molecule has 1 aromatic rings. The number of amides is 3. The van der Waals surface area contributed by atoms with Crippen LogP contribution >= 0.6 is 0 Å². The second-order valence-corrected chi connectivity index (χ2v) is 4.86. The van der Waals surface area contributed by atoms with Crippen LogP contribution in [0.4, 0.5) is 4.79 Å². The maximum absolute atomic E-state index is 12.4. The van der Waals surface area contributed by atoms with E-state index >= 15 is 0 Å². The summed E-state index contributed by atoms with van der Waals surface area (Å²) in [5, 5.41) is 0. The topological polar surface area (TPSA) is 62.7 Å². The lowest BCUT2D eigenvalue weighted by atomic mass is 10.2. The van der Waals surface area contributed by atoms with Gasteiger partial charge < -0.3 is 9.64 Å². The quantitative estimate of drug-likeness (QED) is 0.813. The molecule has 1 fully saturated rings. The van der Waals surface area contributed by atoms with E-state index < -0.39 is 0 Å². The number of rotatable bonds is 5. The third kappa shape index (κ3) is 3.33. The van der Waals surface area contributed by atoms with Gasteiger partial charge in [0.15, 0.2) is 0 Å². The van der Waals surface area contributed by atoms with Gasteiger partial charge in [-0.1, -0.05) is 0 Å². The monoisotopic (exact) mass is 277 g/mol. The molecule has 0 saturated carbocycles. The SMILES string of the molecule is CO[C@H](C)CN1C(=O)CCN(Cc2ccncc2)C1=O. The zero-order chi connectivity index (χ0) is 14.5. The summed E-state index contributed by atoms with van der Waals surface area (Å²) >= 11 is 0. The first kappa shape index (κ1) is 14.5. The van der Waals surface area contributed by atoms with Crippen molar-refractivity contribution in [1.29, 1.82) is 0 Å². The Labute approximate surface area is 118 Å². The fourth-order valence-electron chi connectivity index (χ4n) is 2.11. The molecule has 0 bridgehead atoms. The zero-order valence-electron chi connectivity index (χ0n) is 11.8. The molecule has 0 radical (unpaired) electrons. The van der Waals surface area contributed by atoms with Gasteiger partial charge in [-0.15, -0.1) is 0 Å². The lowest BCUT2D eigenvalue weighted by Crippen LogP contribution is -2.53. The van der Waals surface area contributed by atoms with E-state index in [2.05, 4.69) is 4.98 Å². The molecule has 1 aromatic heterocycles. The van der Waals surface area contributed by atoms with Gasteiger partial charge in [-0.3, -0.25) is 14.7 Å². The summed E-state index contributed by atoms with van der Waals surface area (Å²) in [5.41, 5.74) is 1.00. The van der Waals surface area contributed by atoms with E-state index in [0.717, 1.165) is 5.56 Å². The van der Waals surface area contributed by atoms with Crippen LogP contribution in [0.15, 0.2) is 24.5 Å². The molecule has 1 atom stereocenters. The highest BCUT2D eigenvalue weighted by Crippen LogP contribution is 2.15. The van der Waals surface area contributed by atoms with E-state index in [1.165, 1.54) is 4.90 Å². The van der Waals surface area contributed by atoms with E-state index in [1.807, 2.05) is 19.1 Å². The Bertz CT molecular complexity index is 478. The number of urea groups is 1. The fourth-order valence-corrected chi connectivity index (χ4v) is 2.11. The number of carbonyl (C=O) groups is 2. The predicted octanol–water partition coefficient (Wildman–Crippen LogP) is 1.27. The zero-order valence-corrected chi connectivity index (χ0v) is 11.8. The van der Waals surface area contributed by atoms with Crippen LogP contribution in [0.1, 0.15) is 18.9 Å². The average molecular weight is 277 g/mol. The molecule has 108 valence electrons. The summed E-state index contributed by atoms with van der Waals surface area (Å²) in [6.45, 7) is 3.08. The van der Waals surface area contributed by atoms with Gasteiger partial charge in [0.05, 0.1) is 12.6 Å². The van der Waals surface area contributed by atoms with Gasteiger partial charge >= 0.3 is 6.03 Å². The van der Waals surface area contributed by atoms with Crippen molar-refractivity contribution in [3.05, 3.63) is 30.1 Å². The van der Waals surface area contributed by atoms with Gasteiger partial charge in [-0.25, -0.2) is 4.79 Å². The molecule has 1 saturated heterocycles. The summed E-state index contributed by atoms with van der Waals surface area (Å²) in [5.74, 6) is -0.134. The molecular weight excluding hydrogens is 258 g/mol. The lowest BCUT2D eigenvalue weighted by molar-refractivity contribution is -0.132. The van der Waals surface area contributed by atoms with Gasteiger partial charge in [0.1, 0.15) is 0 Å². The first-order chi connectivity index (χ1) is 9.61. The maximum Gasteiger partial charge on any atom is 0.327 e. The van der Waals surface area contributed by atoms with Crippen molar-refractivity contribution in [2.24, 2.45) is 0 Å². The number of imide groups is 1. The van der Waals surface area contributed by atoms with Gasteiger partial charge in [0.2, 0.25) is 5.91 Å². The number of aromatic nitrogens is 1. The first-order valence-electron chi connectivity index (χ1n) is 6.62. The van der Waals surface area contributed by atoms with Crippen LogP contribution in [-0.4, -0.2) is 53.0 Å². The Hall–Kier alpha value is -1.95. The van der Waals surface area contributed by atoms with Crippen molar-refractivity contribution in [1.82, 2.24) is 14.8 Å². The molecule has 1 aliphatic rings. The lowest BCUT2D eigenvalue weighted by Gasteiger charge is -2.35. The van der Waals surface area contributed by atoms with Gasteiger partial charge in [-0.2, -0.15) is 0 Å². The van der Waals surface area contributed by atoms with Crippen molar-refractivity contribution in [3.63, 3.8) is 0 Å². The molecule has 0 aromatic carbocycles. The molecule has 0 spiro atoms. The van der Waals surface area contributed by atoms with Crippen LogP contribution in [0.25, 0.3) is 0 Å². The number of carbonyl (C=O) groups excluding carboxylic acids is 2. The van der Waals surface area contributed by atoms with E-state index in [9.17, 15) is 9.59 Å². The number of pyridine rings is 1. The molecule has 3 amide bonds. The van der Waals surface area contributed by atoms with Gasteiger partial charge in [0, 0.05) is 39.0 Å². The summed E-state index contributed by atoms with van der Waals surface area (Å²) in [6, 6.07) is 3.49. The van der Waals surface area contributed by atoms with Crippen LogP contribution in [-0.2, 0) is 16.1 Å². The largest absolute Gasteiger partial charge is 0.380 e. The van der Waals surface area contributed by atoms with Crippen LogP contribution < -0.4 is 0 Å². The molecular formula is C14H19N3O3.